The van der Waals surface area contributed by atoms with Gasteiger partial charge in [-0.15, -0.1) is 0 Å². The number of nitrogens with one attached hydrogen (secondary N) is 2. The Bertz CT molecular complexity index is 732. The first-order valence-corrected chi connectivity index (χ1v) is 9.02. The second-order valence-electron chi connectivity index (χ2n) is 7.02. The summed E-state index contributed by atoms with van der Waals surface area (Å²) in [4.78, 5) is 12.6. The Morgan fingerprint density at radius 3 is 2.96 bits per heavy atom. The van der Waals surface area contributed by atoms with Gasteiger partial charge in [0, 0.05) is 19.1 Å². The first-order chi connectivity index (χ1) is 12.2. The number of benzene rings is 1. The summed E-state index contributed by atoms with van der Waals surface area (Å²) < 4.78 is 15.0. The van der Waals surface area contributed by atoms with E-state index in [4.69, 9.17) is 0 Å². The van der Waals surface area contributed by atoms with Crippen LogP contribution >= 0.6 is 0 Å². The molecule has 0 bridgehead atoms. The zero-order valence-electron chi connectivity index (χ0n) is 14.2. The molecule has 25 heavy (non-hydrogen) atoms. The molecule has 2 aliphatic rings. The average Bonchev–Trinajstić information content (AvgIpc) is 3.24. The van der Waals surface area contributed by atoms with Gasteiger partial charge in [-0.25, -0.2) is 4.39 Å². The summed E-state index contributed by atoms with van der Waals surface area (Å²) in [6.45, 7) is 2.45. The fourth-order valence-corrected chi connectivity index (χ4v) is 3.94. The maximum absolute atomic E-state index is 13.1. The molecule has 1 aliphatic carbocycles. The fraction of sp³-hybridized carbons (Fsp3) is 0.474. The summed E-state index contributed by atoms with van der Waals surface area (Å²) in [5, 5.41) is 10.9. The van der Waals surface area contributed by atoms with Crippen LogP contribution < -0.4 is 10.6 Å². The number of halogens is 1. The average molecular weight is 342 g/mol. The highest BCUT2D eigenvalue weighted by atomic mass is 19.1. The zero-order chi connectivity index (χ0) is 17.2. The van der Waals surface area contributed by atoms with Crippen molar-refractivity contribution in [3.8, 4) is 0 Å². The molecule has 1 amide bonds. The third-order valence-corrected chi connectivity index (χ3v) is 5.29. The minimum Gasteiger partial charge on any atom is -0.348 e. The minimum atomic E-state index is -0.210. The number of nitrogens with zero attached hydrogens (tertiary/aromatic N) is 2. The number of hydrogen-bond acceptors (Lipinski definition) is 3. The first-order valence-electron chi connectivity index (χ1n) is 9.02. The molecule has 0 unspecified atom stereocenters. The summed E-state index contributed by atoms with van der Waals surface area (Å²) in [5.41, 5.74) is 2.69. The Morgan fingerprint density at radius 1 is 1.32 bits per heavy atom. The predicted molar refractivity (Wildman–Crippen MR) is 92.6 cm³/mol. The van der Waals surface area contributed by atoms with Gasteiger partial charge in [-0.3, -0.25) is 9.48 Å². The van der Waals surface area contributed by atoms with E-state index in [1.165, 1.54) is 12.1 Å². The topological polar surface area (TPSA) is 59.0 Å². The van der Waals surface area contributed by atoms with Crippen LogP contribution in [-0.4, -0.2) is 28.3 Å². The molecule has 0 radical (unpaired) electrons. The molecule has 2 N–H and O–H groups in total. The van der Waals surface area contributed by atoms with Crippen molar-refractivity contribution in [1.82, 2.24) is 20.4 Å². The molecule has 6 heteroatoms. The lowest BCUT2D eigenvalue weighted by molar-refractivity contribution is 0.0921. The van der Waals surface area contributed by atoms with Gasteiger partial charge in [0.25, 0.3) is 5.91 Å². The molecule has 2 atom stereocenters. The summed E-state index contributed by atoms with van der Waals surface area (Å²) in [5.74, 6) is 0.101. The fourth-order valence-electron chi connectivity index (χ4n) is 3.94. The van der Waals surface area contributed by atoms with Crippen LogP contribution in [-0.2, 0) is 19.5 Å². The minimum absolute atomic E-state index is 0.0853. The van der Waals surface area contributed by atoms with Crippen molar-refractivity contribution in [3.05, 3.63) is 53.1 Å². The van der Waals surface area contributed by atoms with Crippen LogP contribution in [0.5, 0.6) is 0 Å². The van der Waals surface area contributed by atoms with Crippen LogP contribution in [0.2, 0.25) is 0 Å². The van der Waals surface area contributed by atoms with Crippen LogP contribution in [0.1, 0.15) is 41.0 Å². The van der Waals surface area contributed by atoms with Crippen molar-refractivity contribution in [3.63, 3.8) is 0 Å². The van der Waals surface area contributed by atoms with Crippen LogP contribution in [0.25, 0.3) is 0 Å². The van der Waals surface area contributed by atoms with Crippen molar-refractivity contribution >= 4 is 5.91 Å². The van der Waals surface area contributed by atoms with Gasteiger partial charge in [-0.1, -0.05) is 18.6 Å². The molecule has 1 saturated carbocycles. The van der Waals surface area contributed by atoms with E-state index in [1.807, 2.05) is 22.9 Å². The standard InChI is InChI=1S/C19H23FN4O/c20-15-6-4-13(5-7-15)10-14-2-1-3-17(14)22-19(25)18-11-16-12-21-8-9-24(16)23-18/h4-7,11,14,17,21H,1-3,8-10,12H2,(H,22,25)/t14-,17-/m1/s1. The van der Waals surface area contributed by atoms with Gasteiger partial charge >= 0.3 is 0 Å². The Morgan fingerprint density at radius 2 is 2.16 bits per heavy atom. The number of aromatic nitrogens is 2. The first kappa shape index (κ1) is 16.3. The van der Waals surface area contributed by atoms with E-state index in [1.54, 1.807) is 0 Å². The summed E-state index contributed by atoms with van der Waals surface area (Å²) in [7, 11) is 0. The molecule has 2 aromatic rings. The molecular weight excluding hydrogens is 319 g/mol. The largest absolute Gasteiger partial charge is 0.348 e. The van der Waals surface area contributed by atoms with E-state index in [-0.39, 0.29) is 17.8 Å². The van der Waals surface area contributed by atoms with Crippen LogP contribution in [0.15, 0.2) is 30.3 Å². The van der Waals surface area contributed by atoms with Crippen LogP contribution in [0.4, 0.5) is 4.39 Å². The predicted octanol–water partition coefficient (Wildman–Crippen LogP) is 2.27. The second-order valence-corrected chi connectivity index (χ2v) is 7.02. The van der Waals surface area contributed by atoms with Crippen LogP contribution in [0.3, 0.4) is 0 Å². The normalized spacial score (nSPS) is 22.6. The molecule has 0 saturated heterocycles. The Kier molecular flexibility index (Phi) is 4.53. The van der Waals surface area contributed by atoms with Gasteiger partial charge in [0.15, 0.2) is 5.69 Å². The maximum Gasteiger partial charge on any atom is 0.272 e. The van der Waals surface area contributed by atoms with E-state index < -0.39 is 0 Å². The molecule has 132 valence electrons. The van der Waals surface area contributed by atoms with Gasteiger partial charge < -0.3 is 10.6 Å². The van der Waals surface area contributed by atoms with E-state index in [0.717, 1.165) is 56.6 Å². The SMILES string of the molecule is O=C(N[C@@H]1CCC[C@@H]1Cc1ccc(F)cc1)c1cc2n(n1)CCNC2. The highest BCUT2D eigenvalue weighted by Crippen LogP contribution is 2.29. The number of carbonyl (C=O) groups excluding carboxylic acids is 1. The van der Waals surface area contributed by atoms with E-state index in [0.29, 0.717) is 11.6 Å². The van der Waals surface area contributed by atoms with Gasteiger partial charge in [0.2, 0.25) is 0 Å². The van der Waals surface area contributed by atoms with Crippen molar-refractivity contribution in [2.24, 2.45) is 5.92 Å². The lowest BCUT2D eigenvalue weighted by Crippen LogP contribution is -2.38. The van der Waals surface area contributed by atoms with E-state index >= 15 is 0 Å². The monoisotopic (exact) mass is 342 g/mol. The maximum atomic E-state index is 13.1. The molecular formula is C19H23FN4O. The number of amides is 1. The summed E-state index contributed by atoms with van der Waals surface area (Å²) in [6.07, 6.45) is 4.06. The lowest BCUT2D eigenvalue weighted by atomic mass is 9.94. The van der Waals surface area contributed by atoms with Gasteiger partial charge in [0.05, 0.1) is 12.2 Å². The highest BCUT2D eigenvalue weighted by molar-refractivity contribution is 5.92. The molecule has 4 rings (SSSR count). The summed E-state index contributed by atoms with van der Waals surface area (Å²) >= 11 is 0. The second kappa shape index (κ2) is 6.96. The van der Waals surface area contributed by atoms with Gasteiger partial charge in [0.1, 0.15) is 5.82 Å². The van der Waals surface area contributed by atoms with E-state index in [2.05, 4.69) is 15.7 Å². The number of rotatable bonds is 4. The molecule has 0 spiro atoms. The molecule has 1 aromatic heterocycles. The number of hydrogen-bond donors (Lipinski definition) is 2. The van der Waals surface area contributed by atoms with Crippen molar-refractivity contribution in [2.45, 2.75) is 44.8 Å². The van der Waals surface area contributed by atoms with Crippen LogP contribution in [0, 0.1) is 11.7 Å². The van der Waals surface area contributed by atoms with Crippen molar-refractivity contribution < 1.29 is 9.18 Å². The molecule has 1 aliphatic heterocycles. The van der Waals surface area contributed by atoms with Gasteiger partial charge in [-0.2, -0.15) is 5.10 Å². The molecule has 1 aromatic carbocycles. The Hall–Kier alpha value is -2.21. The third-order valence-electron chi connectivity index (χ3n) is 5.29. The van der Waals surface area contributed by atoms with Crippen molar-refractivity contribution in [2.75, 3.05) is 6.54 Å². The number of carbonyl (C=O) groups is 1. The van der Waals surface area contributed by atoms with Crippen molar-refractivity contribution in [1.29, 1.82) is 0 Å². The third kappa shape index (κ3) is 3.58. The highest BCUT2D eigenvalue weighted by Gasteiger charge is 2.29. The molecule has 5 nitrogen and oxygen atoms in total. The number of fused-ring (bicyclic) bond motifs is 1. The summed E-state index contributed by atoms with van der Waals surface area (Å²) in [6, 6.07) is 8.72. The smallest absolute Gasteiger partial charge is 0.272 e. The lowest BCUT2D eigenvalue weighted by Gasteiger charge is -2.20. The molecule has 2 heterocycles. The Balaban J connectivity index is 1.41. The zero-order valence-corrected chi connectivity index (χ0v) is 14.2. The van der Waals surface area contributed by atoms with E-state index in [9.17, 15) is 9.18 Å². The van der Waals surface area contributed by atoms with Gasteiger partial charge in [-0.05, 0) is 48.9 Å². The Labute approximate surface area is 146 Å². The molecule has 1 fully saturated rings. The quantitative estimate of drug-likeness (QED) is 0.896.